The Balaban J connectivity index is 1.55. The zero-order valence-corrected chi connectivity index (χ0v) is 20.8. The zero-order valence-electron chi connectivity index (χ0n) is 20.0. The standard InChI is InChI=1S/C27H33N3O3S/c1-20-11-14-24(15-12-20)34(31,32)30(2)23-13-16-26(33-3)22(18-23)19-29-25-10-7-17-28-27(25)21-8-5-4-6-9-21/h4-6,8-9,11-16,18,25,27-29H,7,10,17,19H2,1-3H3. The highest BCUT2D eigenvalue weighted by molar-refractivity contribution is 7.92. The highest BCUT2D eigenvalue weighted by Gasteiger charge is 2.26. The van der Waals surface area contributed by atoms with Crippen LogP contribution < -0.4 is 19.7 Å². The summed E-state index contributed by atoms with van der Waals surface area (Å²) in [5.41, 5.74) is 3.80. The van der Waals surface area contributed by atoms with Crippen LogP contribution in [0.2, 0.25) is 0 Å². The number of aryl methyl sites for hydroxylation is 1. The third-order valence-electron chi connectivity index (χ3n) is 6.48. The molecule has 180 valence electrons. The summed E-state index contributed by atoms with van der Waals surface area (Å²) in [5.74, 6) is 0.734. The zero-order chi connectivity index (χ0) is 24.1. The van der Waals surface area contributed by atoms with Crippen molar-refractivity contribution in [3.63, 3.8) is 0 Å². The molecule has 0 amide bonds. The van der Waals surface area contributed by atoms with Gasteiger partial charge in [-0.3, -0.25) is 4.31 Å². The fraction of sp³-hybridized carbons (Fsp3) is 0.333. The lowest BCUT2D eigenvalue weighted by Crippen LogP contribution is -2.45. The Kier molecular flexibility index (Phi) is 7.56. The maximum atomic E-state index is 13.2. The first-order chi connectivity index (χ1) is 16.4. The lowest BCUT2D eigenvalue weighted by Gasteiger charge is -2.34. The quantitative estimate of drug-likeness (QED) is 0.501. The summed E-state index contributed by atoms with van der Waals surface area (Å²) in [5, 5.41) is 7.33. The van der Waals surface area contributed by atoms with Crippen LogP contribution in [-0.2, 0) is 16.6 Å². The molecule has 0 saturated carbocycles. The molecule has 2 atom stereocenters. The van der Waals surface area contributed by atoms with Gasteiger partial charge in [-0.05, 0) is 62.2 Å². The van der Waals surface area contributed by atoms with Crippen LogP contribution in [0.1, 0.15) is 35.6 Å². The van der Waals surface area contributed by atoms with Crippen LogP contribution in [0.25, 0.3) is 0 Å². The SMILES string of the molecule is COc1ccc(N(C)S(=O)(=O)c2ccc(C)cc2)cc1CNC1CCCNC1c1ccccc1. The molecule has 0 spiro atoms. The first-order valence-corrected chi connectivity index (χ1v) is 13.1. The van der Waals surface area contributed by atoms with Crippen molar-refractivity contribution < 1.29 is 13.2 Å². The average molecular weight is 480 g/mol. The second-order valence-corrected chi connectivity index (χ2v) is 10.7. The molecule has 2 N–H and O–H groups in total. The second-order valence-electron chi connectivity index (χ2n) is 8.75. The number of hydrogen-bond acceptors (Lipinski definition) is 5. The van der Waals surface area contributed by atoms with Crippen LogP contribution in [-0.4, -0.2) is 35.2 Å². The number of piperidine rings is 1. The van der Waals surface area contributed by atoms with E-state index in [2.05, 4.69) is 34.9 Å². The number of hydrogen-bond donors (Lipinski definition) is 2. The van der Waals surface area contributed by atoms with Crippen molar-refractivity contribution in [2.75, 3.05) is 25.0 Å². The van der Waals surface area contributed by atoms with Crippen LogP contribution in [0.5, 0.6) is 5.75 Å². The summed E-state index contributed by atoms with van der Waals surface area (Å²) in [6.07, 6.45) is 2.17. The minimum absolute atomic E-state index is 0.230. The van der Waals surface area contributed by atoms with E-state index < -0.39 is 10.0 Å². The smallest absolute Gasteiger partial charge is 0.264 e. The van der Waals surface area contributed by atoms with E-state index in [1.54, 1.807) is 32.4 Å². The van der Waals surface area contributed by atoms with E-state index in [0.29, 0.717) is 12.2 Å². The van der Waals surface area contributed by atoms with Crippen LogP contribution >= 0.6 is 0 Å². The van der Waals surface area contributed by atoms with Crippen LogP contribution in [0.4, 0.5) is 5.69 Å². The molecule has 6 nitrogen and oxygen atoms in total. The van der Waals surface area contributed by atoms with Crippen molar-refractivity contribution in [2.24, 2.45) is 0 Å². The molecule has 1 heterocycles. The maximum Gasteiger partial charge on any atom is 0.264 e. The lowest BCUT2D eigenvalue weighted by molar-refractivity contribution is 0.303. The number of nitrogens with zero attached hydrogens (tertiary/aromatic N) is 1. The lowest BCUT2D eigenvalue weighted by atomic mass is 9.92. The molecule has 2 unspecified atom stereocenters. The van der Waals surface area contributed by atoms with Crippen molar-refractivity contribution in [1.29, 1.82) is 0 Å². The summed E-state index contributed by atoms with van der Waals surface area (Å²) >= 11 is 0. The molecule has 0 bridgehead atoms. The van der Waals surface area contributed by atoms with Gasteiger partial charge >= 0.3 is 0 Å². The van der Waals surface area contributed by atoms with Gasteiger partial charge in [0.2, 0.25) is 0 Å². The van der Waals surface area contributed by atoms with Gasteiger partial charge in [-0.25, -0.2) is 8.42 Å². The van der Waals surface area contributed by atoms with Crippen molar-refractivity contribution in [3.8, 4) is 5.75 Å². The molecular weight excluding hydrogens is 446 g/mol. The van der Waals surface area contributed by atoms with Crippen LogP contribution in [0.15, 0.2) is 77.7 Å². The van der Waals surface area contributed by atoms with E-state index in [9.17, 15) is 8.42 Å². The molecule has 0 aliphatic carbocycles. The Bertz CT molecular complexity index is 1200. The Morgan fingerprint density at radius 3 is 2.50 bits per heavy atom. The molecule has 1 fully saturated rings. The Labute approximate surface area is 203 Å². The number of benzene rings is 3. The van der Waals surface area contributed by atoms with E-state index >= 15 is 0 Å². The predicted molar refractivity (Wildman–Crippen MR) is 137 cm³/mol. The summed E-state index contributed by atoms with van der Waals surface area (Å²) < 4.78 is 33.3. The summed E-state index contributed by atoms with van der Waals surface area (Å²) in [4.78, 5) is 0.273. The van der Waals surface area contributed by atoms with Crippen molar-refractivity contribution in [1.82, 2.24) is 10.6 Å². The van der Waals surface area contributed by atoms with Crippen LogP contribution in [0.3, 0.4) is 0 Å². The van der Waals surface area contributed by atoms with Gasteiger partial charge in [0.25, 0.3) is 10.0 Å². The molecule has 3 aromatic carbocycles. The molecule has 7 heteroatoms. The second kappa shape index (κ2) is 10.6. The average Bonchev–Trinajstić information content (AvgIpc) is 2.87. The molecule has 3 aromatic rings. The van der Waals surface area contributed by atoms with E-state index in [1.807, 2.05) is 37.3 Å². The van der Waals surface area contributed by atoms with Crippen molar-refractivity contribution >= 4 is 15.7 Å². The van der Waals surface area contributed by atoms with E-state index in [0.717, 1.165) is 36.3 Å². The van der Waals surface area contributed by atoms with Gasteiger partial charge in [0, 0.05) is 31.2 Å². The molecule has 34 heavy (non-hydrogen) atoms. The van der Waals surface area contributed by atoms with Gasteiger partial charge in [-0.2, -0.15) is 0 Å². The number of nitrogens with one attached hydrogen (secondary N) is 2. The first kappa shape index (κ1) is 24.3. The number of sulfonamides is 1. The van der Waals surface area contributed by atoms with Gasteiger partial charge < -0.3 is 15.4 Å². The fourth-order valence-electron chi connectivity index (χ4n) is 4.47. The molecular formula is C27H33N3O3S. The minimum atomic E-state index is -3.66. The van der Waals surface area contributed by atoms with Gasteiger partial charge in [-0.1, -0.05) is 48.0 Å². The highest BCUT2D eigenvalue weighted by atomic mass is 32.2. The number of methoxy groups -OCH3 is 1. The largest absolute Gasteiger partial charge is 0.496 e. The number of ether oxygens (including phenoxy) is 1. The third kappa shape index (κ3) is 5.27. The molecule has 4 rings (SSSR count). The molecule has 1 saturated heterocycles. The minimum Gasteiger partial charge on any atom is -0.496 e. The van der Waals surface area contributed by atoms with Gasteiger partial charge in [0.05, 0.1) is 17.7 Å². The Morgan fingerprint density at radius 1 is 1.06 bits per heavy atom. The van der Waals surface area contributed by atoms with E-state index in [4.69, 9.17) is 4.74 Å². The number of rotatable bonds is 8. The Morgan fingerprint density at radius 2 is 1.79 bits per heavy atom. The van der Waals surface area contributed by atoms with Gasteiger partial charge in [0.1, 0.15) is 5.75 Å². The summed E-state index contributed by atoms with van der Waals surface area (Å²) in [6.45, 7) is 3.51. The molecule has 1 aliphatic rings. The maximum absolute atomic E-state index is 13.2. The normalized spacial score (nSPS) is 18.4. The van der Waals surface area contributed by atoms with Crippen molar-refractivity contribution in [2.45, 2.75) is 43.3 Å². The first-order valence-electron chi connectivity index (χ1n) is 11.6. The number of anilines is 1. The highest BCUT2D eigenvalue weighted by Crippen LogP contribution is 2.29. The summed E-state index contributed by atoms with van der Waals surface area (Å²) in [6, 6.07) is 23.4. The Hall–Kier alpha value is -2.87. The van der Waals surface area contributed by atoms with Gasteiger partial charge in [0.15, 0.2) is 0 Å². The predicted octanol–water partition coefficient (Wildman–Crippen LogP) is 4.41. The van der Waals surface area contributed by atoms with Gasteiger partial charge in [-0.15, -0.1) is 0 Å². The monoisotopic (exact) mass is 479 g/mol. The van der Waals surface area contributed by atoms with E-state index in [-0.39, 0.29) is 17.0 Å². The van der Waals surface area contributed by atoms with E-state index in [1.165, 1.54) is 9.87 Å². The fourth-order valence-corrected chi connectivity index (χ4v) is 5.65. The topological polar surface area (TPSA) is 70.7 Å². The third-order valence-corrected chi connectivity index (χ3v) is 8.28. The van der Waals surface area contributed by atoms with Crippen molar-refractivity contribution in [3.05, 3.63) is 89.5 Å². The summed E-state index contributed by atoms with van der Waals surface area (Å²) in [7, 11) is -0.436. The molecule has 1 aliphatic heterocycles. The van der Waals surface area contributed by atoms with Crippen LogP contribution in [0, 0.1) is 6.92 Å². The molecule has 0 aromatic heterocycles. The molecule has 0 radical (unpaired) electrons.